The molecular formula is C23H29BrN2O5S. The number of methoxy groups -OCH3 is 1. The number of carbonyl (C=O) groups is 1. The third-order valence-electron chi connectivity index (χ3n) is 5.30. The maximum absolute atomic E-state index is 12.9. The minimum atomic E-state index is -3.61. The van der Waals surface area contributed by atoms with E-state index in [9.17, 15) is 13.2 Å². The number of sulfonamides is 1. The summed E-state index contributed by atoms with van der Waals surface area (Å²) >= 11 is 3.49. The SMILES string of the molecule is COc1ccc(S(=O)(=O)N2CCCC2)cc1NC(=O)COc1ccc(C(C)(C)C)cc1Br. The van der Waals surface area contributed by atoms with E-state index in [2.05, 4.69) is 42.0 Å². The van der Waals surface area contributed by atoms with E-state index in [4.69, 9.17) is 9.47 Å². The number of nitrogens with one attached hydrogen (secondary N) is 1. The van der Waals surface area contributed by atoms with Crippen LogP contribution in [0.5, 0.6) is 11.5 Å². The minimum absolute atomic E-state index is 0.00456. The van der Waals surface area contributed by atoms with E-state index < -0.39 is 15.9 Å². The van der Waals surface area contributed by atoms with Crippen molar-refractivity contribution in [2.24, 2.45) is 0 Å². The summed E-state index contributed by atoms with van der Waals surface area (Å²) in [4.78, 5) is 12.7. The van der Waals surface area contributed by atoms with Crippen LogP contribution < -0.4 is 14.8 Å². The maximum atomic E-state index is 12.9. The molecule has 32 heavy (non-hydrogen) atoms. The van der Waals surface area contributed by atoms with Gasteiger partial charge in [0, 0.05) is 13.1 Å². The van der Waals surface area contributed by atoms with Crippen LogP contribution in [-0.2, 0) is 20.2 Å². The lowest BCUT2D eigenvalue weighted by Crippen LogP contribution is -2.28. The molecule has 0 atom stereocenters. The molecule has 7 nitrogen and oxygen atoms in total. The number of benzene rings is 2. The molecule has 0 aliphatic carbocycles. The molecule has 0 saturated carbocycles. The number of hydrogen-bond acceptors (Lipinski definition) is 5. The number of anilines is 1. The highest BCUT2D eigenvalue weighted by Crippen LogP contribution is 2.32. The molecule has 1 fully saturated rings. The zero-order valence-corrected chi connectivity index (χ0v) is 21.2. The highest BCUT2D eigenvalue weighted by Gasteiger charge is 2.28. The first kappa shape index (κ1) is 24.5. The minimum Gasteiger partial charge on any atom is -0.495 e. The Balaban J connectivity index is 1.72. The van der Waals surface area contributed by atoms with Crippen LogP contribution in [0.25, 0.3) is 0 Å². The van der Waals surface area contributed by atoms with Gasteiger partial charge in [0.05, 0.1) is 22.2 Å². The summed E-state index contributed by atoms with van der Waals surface area (Å²) in [5.74, 6) is 0.491. The van der Waals surface area contributed by atoms with Gasteiger partial charge in [0.2, 0.25) is 10.0 Å². The van der Waals surface area contributed by atoms with E-state index in [0.717, 1.165) is 22.9 Å². The van der Waals surface area contributed by atoms with E-state index in [1.807, 2.05) is 18.2 Å². The molecule has 1 aliphatic heterocycles. The molecule has 0 bridgehead atoms. The highest BCUT2D eigenvalue weighted by atomic mass is 79.9. The van der Waals surface area contributed by atoms with Crippen LogP contribution in [0.2, 0.25) is 0 Å². The van der Waals surface area contributed by atoms with Gasteiger partial charge in [-0.05, 0) is 70.1 Å². The van der Waals surface area contributed by atoms with Gasteiger partial charge in [-0.25, -0.2) is 8.42 Å². The van der Waals surface area contributed by atoms with Gasteiger partial charge >= 0.3 is 0 Å². The quantitative estimate of drug-likeness (QED) is 0.573. The summed E-state index contributed by atoms with van der Waals surface area (Å²) in [6.45, 7) is 7.13. The van der Waals surface area contributed by atoms with Crippen molar-refractivity contribution < 1.29 is 22.7 Å². The number of nitrogens with zero attached hydrogens (tertiary/aromatic N) is 1. The van der Waals surface area contributed by atoms with Crippen molar-refractivity contribution in [3.05, 3.63) is 46.4 Å². The Hall–Kier alpha value is -2.10. The summed E-state index contributed by atoms with van der Waals surface area (Å²) in [5, 5.41) is 2.70. The fourth-order valence-electron chi connectivity index (χ4n) is 3.44. The predicted octanol–water partition coefficient (Wildman–Crippen LogP) is 4.56. The Kier molecular flexibility index (Phi) is 7.52. The van der Waals surface area contributed by atoms with Crippen molar-refractivity contribution in [2.75, 3.05) is 32.1 Å². The number of hydrogen-bond donors (Lipinski definition) is 1. The Labute approximate surface area is 198 Å². The molecule has 174 valence electrons. The van der Waals surface area contributed by atoms with Crippen molar-refractivity contribution in [1.82, 2.24) is 4.31 Å². The largest absolute Gasteiger partial charge is 0.495 e. The van der Waals surface area contributed by atoms with E-state index in [1.54, 1.807) is 6.07 Å². The zero-order valence-electron chi connectivity index (χ0n) is 18.8. The van der Waals surface area contributed by atoms with Crippen LogP contribution in [-0.4, -0.2) is 45.4 Å². The Morgan fingerprint density at radius 2 is 1.75 bits per heavy atom. The molecule has 1 N–H and O–H groups in total. The molecule has 1 aliphatic rings. The maximum Gasteiger partial charge on any atom is 0.262 e. The topological polar surface area (TPSA) is 84.9 Å². The highest BCUT2D eigenvalue weighted by molar-refractivity contribution is 9.10. The van der Waals surface area contributed by atoms with Gasteiger partial charge in [0.15, 0.2) is 6.61 Å². The second-order valence-electron chi connectivity index (χ2n) is 8.71. The van der Waals surface area contributed by atoms with Crippen molar-refractivity contribution in [2.45, 2.75) is 43.9 Å². The molecule has 3 rings (SSSR count). The fourth-order valence-corrected chi connectivity index (χ4v) is 5.47. The molecule has 1 heterocycles. The summed E-state index contributed by atoms with van der Waals surface area (Å²) < 4.78 is 38.9. The number of carbonyl (C=O) groups excluding carboxylic acids is 1. The normalized spacial score (nSPS) is 14.9. The van der Waals surface area contributed by atoms with Gasteiger partial charge in [-0.3, -0.25) is 4.79 Å². The number of halogens is 1. The van der Waals surface area contributed by atoms with Crippen LogP contribution in [0.1, 0.15) is 39.2 Å². The molecule has 0 aromatic heterocycles. The first-order valence-electron chi connectivity index (χ1n) is 10.4. The summed E-state index contributed by atoms with van der Waals surface area (Å²) in [5.41, 5.74) is 1.42. The van der Waals surface area contributed by atoms with Gasteiger partial charge in [-0.1, -0.05) is 26.8 Å². The Morgan fingerprint density at radius 3 is 2.34 bits per heavy atom. The van der Waals surface area contributed by atoms with Crippen LogP contribution in [0.4, 0.5) is 5.69 Å². The molecule has 1 amide bonds. The number of ether oxygens (including phenoxy) is 2. The third-order valence-corrected chi connectivity index (χ3v) is 7.82. The lowest BCUT2D eigenvalue weighted by atomic mass is 9.87. The lowest BCUT2D eigenvalue weighted by molar-refractivity contribution is -0.118. The second-order valence-corrected chi connectivity index (χ2v) is 11.5. The van der Waals surface area contributed by atoms with Crippen molar-refractivity contribution >= 4 is 37.5 Å². The third kappa shape index (κ3) is 5.63. The molecule has 1 saturated heterocycles. The van der Waals surface area contributed by atoms with Gasteiger partial charge in [-0.2, -0.15) is 4.31 Å². The average Bonchev–Trinajstić information content (AvgIpc) is 3.28. The Bertz CT molecular complexity index is 1090. The smallest absolute Gasteiger partial charge is 0.262 e. The average molecular weight is 525 g/mol. The summed E-state index contributed by atoms with van der Waals surface area (Å²) in [6.07, 6.45) is 1.70. The van der Waals surface area contributed by atoms with E-state index in [-0.39, 0.29) is 22.6 Å². The summed E-state index contributed by atoms with van der Waals surface area (Å²) in [7, 11) is -2.15. The first-order chi connectivity index (χ1) is 15.0. The molecule has 9 heteroatoms. The number of rotatable bonds is 7. The Morgan fingerprint density at radius 1 is 1.09 bits per heavy atom. The van der Waals surface area contributed by atoms with E-state index in [0.29, 0.717) is 24.6 Å². The molecule has 2 aromatic rings. The second kappa shape index (κ2) is 9.80. The zero-order chi connectivity index (χ0) is 23.5. The standard InChI is InChI=1S/C23H29BrN2O5S/c1-23(2,3)16-7-9-20(18(24)13-16)31-15-22(27)25-19-14-17(8-10-21(19)30-4)32(28,29)26-11-5-6-12-26/h7-10,13-14H,5-6,11-12,15H2,1-4H3,(H,25,27). The van der Waals surface area contributed by atoms with Gasteiger partial charge in [-0.15, -0.1) is 0 Å². The lowest BCUT2D eigenvalue weighted by Gasteiger charge is -2.20. The molecule has 0 unspecified atom stereocenters. The van der Waals surface area contributed by atoms with Crippen LogP contribution in [0.15, 0.2) is 45.8 Å². The number of amides is 1. The van der Waals surface area contributed by atoms with E-state index >= 15 is 0 Å². The van der Waals surface area contributed by atoms with Crippen molar-refractivity contribution in [3.8, 4) is 11.5 Å². The fraction of sp³-hybridized carbons (Fsp3) is 0.435. The molecule has 0 radical (unpaired) electrons. The van der Waals surface area contributed by atoms with Gasteiger partial charge in [0.1, 0.15) is 11.5 Å². The summed E-state index contributed by atoms with van der Waals surface area (Å²) in [6, 6.07) is 10.2. The molecule has 0 spiro atoms. The molecule has 2 aromatic carbocycles. The van der Waals surface area contributed by atoms with Crippen molar-refractivity contribution in [1.29, 1.82) is 0 Å². The van der Waals surface area contributed by atoms with Crippen molar-refractivity contribution in [3.63, 3.8) is 0 Å². The molecular weight excluding hydrogens is 496 g/mol. The van der Waals surface area contributed by atoms with Gasteiger partial charge < -0.3 is 14.8 Å². The first-order valence-corrected chi connectivity index (χ1v) is 12.7. The van der Waals surface area contributed by atoms with Crippen LogP contribution >= 0.6 is 15.9 Å². The van der Waals surface area contributed by atoms with Gasteiger partial charge in [0.25, 0.3) is 5.91 Å². The predicted molar refractivity (Wildman–Crippen MR) is 128 cm³/mol. The van der Waals surface area contributed by atoms with Crippen LogP contribution in [0.3, 0.4) is 0 Å². The monoisotopic (exact) mass is 524 g/mol. The van der Waals surface area contributed by atoms with Crippen LogP contribution in [0, 0.1) is 0 Å². The van der Waals surface area contributed by atoms with E-state index in [1.165, 1.54) is 23.5 Å².